The molecule has 0 bridgehead atoms. The molecule has 1 aromatic heterocycles. The third-order valence-corrected chi connectivity index (χ3v) is 4.61. The predicted molar refractivity (Wildman–Crippen MR) is 84.7 cm³/mol. The Bertz CT molecular complexity index is 488. The summed E-state index contributed by atoms with van der Waals surface area (Å²) < 4.78 is 0. The highest BCUT2D eigenvalue weighted by Gasteiger charge is 2.29. The number of nitrogens with zero attached hydrogens (tertiary/aromatic N) is 4. The number of aromatic nitrogens is 1. The van der Waals surface area contributed by atoms with Crippen LogP contribution < -0.4 is 4.90 Å². The van der Waals surface area contributed by atoms with Crippen molar-refractivity contribution < 1.29 is 9.90 Å². The van der Waals surface area contributed by atoms with Crippen LogP contribution in [0, 0.1) is 0 Å². The van der Waals surface area contributed by atoms with E-state index in [0.29, 0.717) is 6.54 Å². The van der Waals surface area contributed by atoms with E-state index < -0.39 is 0 Å². The molecule has 2 aliphatic rings. The van der Waals surface area contributed by atoms with Gasteiger partial charge >= 0.3 is 0 Å². The van der Waals surface area contributed by atoms with Crippen molar-refractivity contribution in [2.45, 2.75) is 18.9 Å². The molecular formula is C16H24N4O2. The molecule has 1 aromatic rings. The molecule has 22 heavy (non-hydrogen) atoms. The number of anilines is 1. The van der Waals surface area contributed by atoms with Gasteiger partial charge in [0.05, 0.1) is 19.2 Å². The van der Waals surface area contributed by atoms with Gasteiger partial charge in [-0.3, -0.25) is 9.69 Å². The number of hydrogen-bond acceptors (Lipinski definition) is 5. The summed E-state index contributed by atoms with van der Waals surface area (Å²) in [6.45, 7) is 4.88. The van der Waals surface area contributed by atoms with Crippen molar-refractivity contribution in [3.63, 3.8) is 0 Å². The van der Waals surface area contributed by atoms with Gasteiger partial charge in [-0.05, 0) is 25.0 Å². The van der Waals surface area contributed by atoms with Crippen molar-refractivity contribution in [2.75, 3.05) is 50.8 Å². The minimum absolute atomic E-state index is 0.0299. The Morgan fingerprint density at radius 2 is 2.05 bits per heavy atom. The molecule has 1 unspecified atom stereocenters. The average Bonchev–Trinajstić information content (AvgIpc) is 3.05. The molecule has 0 aromatic carbocycles. The molecule has 1 N–H and O–H groups in total. The van der Waals surface area contributed by atoms with Crippen LogP contribution >= 0.6 is 0 Å². The van der Waals surface area contributed by atoms with Crippen LogP contribution in [0.1, 0.15) is 12.8 Å². The van der Waals surface area contributed by atoms with E-state index in [0.717, 1.165) is 51.4 Å². The Hall–Kier alpha value is -1.66. The van der Waals surface area contributed by atoms with Gasteiger partial charge in [0.15, 0.2) is 0 Å². The number of hydrogen-bond donors (Lipinski definition) is 1. The maximum Gasteiger partial charge on any atom is 0.237 e. The van der Waals surface area contributed by atoms with Gasteiger partial charge in [0.25, 0.3) is 0 Å². The van der Waals surface area contributed by atoms with E-state index in [9.17, 15) is 9.90 Å². The number of carbonyl (C=O) groups excluding carboxylic acids is 1. The molecule has 0 radical (unpaired) electrons. The first-order valence-electron chi connectivity index (χ1n) is 8.06. The van der Waals surface area contributed by atoms with E-state index in [1.165, 1.54) is 0 Å². The normalized spacial score (nSPS) is 23.0. The summed E-state index contributed by atoms with van der Waals surface area (Å²) in [5.41, 5.74) is 0. The number of carbonyl (C=O) groups is 1. The molecule has 3 heterocycles. The number of piperazine rings is 1. The number of rotatable bonds is 4. The summed E-state index contributed by atoms with van der Waals surface area (Å²) in [5, 5.41) is 9.33. The van der Waals surface area contributed by atoms with Crippen LogP contribution in [-0.4, -0.2) is 77.7 Å². The monoisotopic (exact) mass is 304 g/mol. The second-order valence-corrected chi connectivity index (χ2v) is 6.02. The number of likely N-dealkylation sites (tertiary alicyclic amines) is 1. The molecule has 3 rings (SSSR count). The highest BCUT2D eigenvalue weighted by Crippen LogP contribution is 2.18. The molecule has 6 nitrogen and oxygen atoms in total. The van der Waals surface area contributed by atoms with Crippen LogP contribution in [0.3, 0.4) is 0 Å². The third-order valence-electron chi connectivity index (χ3n) is 4.61. The van der Waals surface area contributed by atoms with Gasteiger partial charge in [-0.15, -0.1) is 0 Å². The van der Waals surface area contributed by atoms with Gasteiger partial charge in [-0.25, -0.2) is 4.98 Å². The standard InChI is InChI=1S/C16H24N4O2/c21-13-14-4-3-7-20(14)16(22)12-18-8-10-19(11-9-18)15-5-1-2-6-17-15/h1-2,5-6,14,21H,3-4,7-13H2. The van der Waals surface area contributed by atoms with E-state index in [2.05, 4.69) is 14.8 Å². The third kappa shape index (κ3) is 3.39. The molecular weight excluding hydrogens is 280 g/mol. The topological polar surface area (TPSA) is 59.9 Å². The van der Waals surface area contributed by atoms with Crippen LogP contribution in [0.2, 0.25) is 0 Å². The molecule has 1 atom stereocenters. The van der Waals surface area contributed by atoms with E-state index in [4.69, 9.17) is 0 Å². The second-order valence-electron chi connectivity index (χ2n) is 6.02. The minimum atomic E-state index is 0.0299. The van der Waals surface area contributed by atoms with Crippen molar-refractivity contribution in [1.82, 2.24) is 14.8 Å². The Balaban J connectivity index is 1.49. The van der Waals surface area contributed by atoms with Crippen LogP contribution in [0.5, 0.6) is 0 Å². The molecule has 2 fully saturated rings. The lowest BCUT2D eigenvalue weighted by Crippen LogP contribution is -2.51. The smallest absolute Gasteiger partial charge is 0.237 e. The van der Waals surface area contributed by atoms with Gasteiger partial charge in [0.2, 0.25) is 5.91 Å². The first-order chi connectivity index (χ1) is 10.8. The molecule has 1 amide bonds. The van der Waals surface area contributed by atoms with Crippen molar-refractivity contribution in [3.05, 3.63) is 24.4 Å². The molecule has 6 heteroatoms. The maximum absolute atomic E-state index is 12.4. The van der Waals surface area contributed by atoms with Crippen LogP contribution in [0.25, 0.3) is 0 Å². The van der Waals surface area contributed by atoms with Gasteiger partial charge < -0.3 is 14.9 Å². The summed E-state index contributed by atoms with van der Waals surface area (Å²) in [6.07, 6.45) is 3.74. The number of aliphatic hydroxyl groups excluding tert-OH is 1. The summed E-state index contributed by atoms with van der Waals surface area (Å²) in [4.78, 5) is 23.1. The first kappa shape index (κ1) is 15.2. The van der Waals surface area contributed by atoms with E-state index in [1.807, 2.05) is 29.3 Å². The van der Waals surface area contributed by atoms with Gasteiger partial charge in [-0.1, -0.05) is 6.07 Å². The average molecular weight is 304 g/mol. The Labute approximate surface area is 131 Å². The maximum atomic E-state index is 12.4. The van der Waals surface area contributed by atoms with Crippen molar-refractivity contribution >= 4 is 11.7 Å². The first-order valence-corrected chi connectivity index (χ1v) is 8.06. The van der Waals surface area contributed by atoms with Gasteiger partial charge in [0, 0.05) is 38.9 Å². The fourth-order valence-corrected chi connectivity index (χ4v) is 3.31. The lowest BCUT2D eigenvalue weighted by Gasteiger charge is -2.36. The lowest BCUT2D eigenvalue weighted by molar-refractivity contribution is -0.134. The molecule has 120 valence electrons. The van der Waals surface area contributed by atoms with Gasteiger partial charge in [-0.2, -0.15) is 0 Å². The van der Waals surface area contributed by atoms with Crippen LogP contribution in [0.4, 0.5) is 5.82 Å². The summed E-state index contributed by atoms with van der Waals surface area (Å²) in [6, 6.07) is 5.98. The highest BCUT2D eigenvalue weighted by molar-refractivity contribution is 5.79. The van der Waals surface area contributed by atoms with Crippen molar-refractivity contribution in [3.8, 4) is 0 Å². The minimum Gasteiger partial charge on any atom is -0.394 e. The molecule has 0 spiro atoms. The predicted octanol–water partition coefficient (Wildman–Crippen LogP) is 0.187. The molecule has 2 aliphatic heterocycles. The quantitative estimate of drug-likeness (QED) is 0.860. The zero-order chi connectivity index (χ0) is 15.4. The Morgan fingerprint density at radius 3 is 2.73 bits per heavy atom. The van der Waals surface area contributed by atoms with E-state index in [-0.39, 0.29) is 18.6 Å². The fraction of sp³-hybridized carbons (Fsp3) is 0.625. The number of amides is 1. The zero-order valence-corrected chi connectivity index (χ0v) is 12.9. The highest BCUT2D eigenvalue weighted by atomic mass is 16.3. The summed E-state index contributed by atoms with van der Waals surface area (Å²) >= 11 is 0. The zero-order valence-electron chi connectivity index (χ0n) is 12.9. The SMILES string of the molecule is O=C(CN1CCN(c2ccccn2)CC1)N1CCCC1CO. The molecule has 2 saturated heterocycles. The fourth-order valence-electron chi connectivity index (χ4n) is 3.31. The Kier molecular flexibility index (Phi) is 4.90. The second kappa shape index (κ2) is 7.07. The van der Waals surface area contributed by atoms with E-state index in [1.54, 1.807) is 0 Å². The number of aliphatic hydroxyl groups is 1. The molecule has 0 saturated carbocycles. The Morgan fingerprint density at radius 1 is 1.23 bits per heavy atom. The van der Waals surface area contributed by atoms with Crippen molar-refractivity contribution in [1.29, 1.82) is 0 Å². The molecule has 0 aliphatic carbocycles. The van der Waals surface area contributed by atoms with E-state index >= 15 is 0 Å². The van der Waals surface area contributed by atoms with Gasteiger partial charge in [0.1, 0.15) is 5.82 Å². The van der Waals surface area contributed by atoms with Crippen molar-refractivity contribution in [2.24, 2.45) is 0 Å². The van der Waals surface area contributed by atoms with Crippen LogP contribution in [-0.2, 0) is 4.79 Å². The summed E-state index contributed by atoms with van der Waals surface area (Å²) in [5.74, 6) is 1.16. The largest absolute Gasteiger partial charge is 0.394 e. The lowest BCUT2D eigenvalue weighted by atomic mass is 10.2. The number of pyridine rings is 1. The van der Waals surface area contributed by atoms with Crippen LogP contribution in [0.15, 0.2) is 24.4 Å². The summed E-state index contributed by atoms with van der Waals surface area (Å²) in [7, 11) is 0.